The van der Waals surface area contributed by atoms with E-state index in [4.69, 9.17) is 5.11 Å². The molecule has 2 rings (SSSR count). The number of nitrogens with zero attached hydrogens (tertiary/aromatic N) is 1. The summed E-state index contributed by atoms with van der Waals surface area (Å²) in [6, 6.07) is 9.46. The van der Waals surface area contributed by atoms with E-state index in [2.05, 4.69) is 14.8 Å². The summed E-state index contributed by atoms with van der Waals surface area (Å²) < 4.78 is 58.2. The predicted molar refractivity (Wildman–Crippen MR) is 95.3 cm³/mol. The second-order valence-electron chi connectivity index (χ2n) is 5.46. The van der Waals surface area contributed by atoms with E-state index in [0.29, 0.717) is 0 Å². The molecule has 0 aliphatic rings. The zero-order valence-corrected chi connectivity index (χ0v) is 14.8. The highest BCUT2D eigenvalue weighted by molar-refractivity contribution is 6.10. The van der Waals surface area contributed by atoms with Crippen LogP contribution in [0.25, 0.3) is 6.08 Å². The summed E-state index contributed by atoms with van der Waals surface area (Å²) in [7, 11) is 0. The van der Waals surface area contributed by atoms with Gasteiger partial charge in [-0.1, -0.05) is 0 Å². The molecule has 0 bridgehead atoms. The van der Waals surface area contributed by atoms with Gasteiger partial charge < -0.3 is 19.9 Å². The molecule has 30 heavy (non-hydrogen) atoms. The Morgan fingerprint density at radius 3 is 2.20 bits per heavy atom. The fourth-order valence-corrected chi connectivity index (χ4v) is 2.21. The number of carboxylic acids is 1. The van der Waals surface area contributed by atoms with Crippen LogP contribution in [0.4, 0.5) is 23.2 Å². The lowest BCUT2D eigenvalue weighted by Gasteiger charge is -2.11. The van der Waals surface area contributed by atoms with Crippen molar-refractivity contribution in [2.24, 2.45) is 0 Å². The maximum Gasteiger partial charge on any atom is 0.387 e. The molecule has 1 amide bonds. The Morgan fingerprint density at radius 1 is 1.03 bits per heavy atom. The standard InChI is InChI=1S/C19H12F4N2O5/c20-18(21)29-14-6-3-11(15(8-14)30-19(22)23)7-12(9-24)16(26)25-13-4-1-10(2-5-13)17(27)28/h1-8,18-19H,(H,25,26)(H,27,28)/b12-7+. The first-order valence-electron chi connectivity index (χ1n) is 7.99. The van der Waals surface area contributed by atoms with Crippen LogP contribution in [0.15, 0.2) is 48.0 Å². The van der Waals surface area contributed by atoms with Gasteiger partial charge in [0.1, 0.15) is 23.1 Å². The van der Waals surface area contributed by atoms with Crippen LogP contribution >= 0.6 is 0 Å². The Bertz CT molecular complexity index is 1000. The zero-order chi connectivity index (χ0) is 22.3. The van der Waals surface area contributed by atoms with Crippen LogP contribution in [0.2, 0.25) is 0 Å². The number of ether oxygens (including phenoxy) is 2. The first kappa shape index (κ1) is 22.2. The molecule has 0 heterocycles. The Labute approximate surface area is 166 Å². The van der Waals surface area contributed by atoms with Gasteiger partial charge >= 0.3 is 19.2 Å². The van der Waals surface area contributed by atoms with E-state index in [1.54, 1.807) is 6.07 Å². The molecule has 0 spiro atoms. The number of anilines is 1. The van der Waals surface area contributed by atoms with Gasteiger partial charge in [-0.25, -0.2) is 4.79 Å². The van der Waals surface area contributed by atoms with Gasteiger partial charge in [0, 0.05) is 17.3 Å². The fraction of sp³-hybridized carbons (Fsp3) is 0.105. The van der Waals surface area contributed by atoms with E-state index >= 15 is 0 Å². The van der Waals surface area contributed by atoms with E-state index in [9.17, 15) is 32.4 Å². The minimum absolute atomic E-state index is 0.0241. The van der Waals surface area contributed by atoms with Crippen molar-refractivity contribution in [1.82, 2.24) is 0 Å². The molecular weight excluding hydrogens is 412 g/mol. The molecule has 0 aromatic heterocycles. The number of amides is 1. The van der Waals surface area contributed by atoms with Crippen molar-refractivity contribution in [3.8, 4) is 17.6 Å². The van der Waals surface area contributed by atoms with Gasteiger partial charge in [-0.15, -0.1) is 0 Å². The smallest absolute Gasteiger partial charge is 0.387 e. The van der Waals surface area contributed by atoms with Crippen LogP contribution in [-0.4, -0.2) is 30.2 Å². The van der Waals surface area contributed by atoms with E-state index in [1.165, 1.54) is 24.3 Å². The van der Waals surface area contributed by atoms with E-state index in [1.807, 2.05) is 0 Å². The molecule has 0 fully saturated rings. The van der Waals surface area contributed by atoms with Gasteiger partial charge in [-0.2, -0.15) is 22.8 Å². The number of alkyl halides is 4. The number of rotatable bonds is 8. The average Bonchev–Trinajstić information content (AvgIpc) is 2.66. The van der Waals surface area contributed by atoms with Gasteiger partial charge in [-0.05, 0) is 42.5 Å². The highest BCUT2D eigenvalue weighted by Crippen LogP contribution is 2.29. The van der Waals surface area contributed by atoms with E-state index in [0.717, 1.165) is 24.3 Å². The van der Waals surface area contributed by atoms with Gasteiger partial charge in [0.2, 0.25) is 0 Å². The molecule has 2 N–H and O–H groups in total. The average molecular weight is 424 g/mol. The minimum Gasteiger partial charge on any atom is -0.478 e. The normalized spacial score (nSPS) is 11.2. The third-order valence-electron chi connectivity index (χ3n) is 3.48. The second kappa shape index (κ2) is 9.92. The second-order valence-corrected chi connectivity index (χ2v) is 5.46. The highest BCUT2D eigenvalue weighted by atomic mass is 19.3. The molecule has 0 aliphatic heterocycles. The van der Waals surface area contributed by atoms with Gasteiger partial charge in [0.05, 0.1) is 5.56 Å². The third-order valence-corrected chi connectivity index (χ3v) is 3.48. The largest absolute Gasteiger partial charge is 0.478 e. The number of nitrogens with one attached hydrogen (secondary N) is 1. The Morgan fingerprint density at radius 2 is 1.67 bits per heavy atom. The first-order valence-corrected chi connectivity index (χ1v) is 7.99. The molecule has 0 radical (unpaired) electrons. The van der Waals surface area contributed by atoms with Crippen LogP contribution in [0, 0.1) is 11.3 Å². The van der Waals surface area contributed by atoms with Crippen molar-refractivity contribution >= 4 is 23.6 Å². The molecule has 0 saturated carbocycles. The molecular formula is C19H12F4N2O5. The van der Waals surface area contributed by atoms with E-state index in [-0.39, 0.29) is 16.8 Å². The third kappa shape index (κ3) is 6.23. The maximum atomic E-state index is 12.6. The number of carbonyl (C=O) groups excluding carboxylic acids is 1. The Hall–Kier alpha value is -4.07. The number of carbonyl (C=O) groups is 2. The number of aromatic carboxylic acids is 1. The van der Waals surface area contributed by atoms with Crippen LogP contribution in [0.5, 0.6) is 11.5 Å². The summed E-state index contributed by atoms with van der Waals surface area (Å²) in [5.41, 5.74) is -0.524. The molecule has 11 heteroatoms. The molecule has 7 nitrogen and oxygen atoms in total. The van der Waals surface area contributed by atoms with Crippen molar-refractivity contribution in [2.45, 2.75) is 13.2 Å². The molecule has 2 aromatic rings. The first-order chi connectivity index (χ1) is 14.2. The lowest BCUT2D eigenvalue weighted by atomic mass is 10.1. The SMILES string of the molecule is N#C/C(=C\c1ccc(OC(F)F)cc1OC(F)F)C(=O)Nc1ccc(C(=O)O)cc1. The van der Waals surface area contributed by atoms with E-state index < -0.39 is 42.2 Å². The van der Waals surface area contributed by atoms with Gasteiger partial charge in [0.25, 0.3) is 5.91 Å². The van der Waals surface area contributed by atoms with Crippen LogP contribution in [0.3, 0.4) is 0 Å². The molecule has 0 atom stereocenters. The molecule has 0 aliphatic carbocycles. The summed E-state index contributed by atoms with van der Waals surface area (Å²) in [5, 5.41) is 20.4. The van der Waals surface area contributed by atoms with Crippen LogP contribution in [-0.2, 0) is 4.79 Å². The van der Waals surface area contributed by atoms with Crippen molar-refractivity contribution in [3.63, 3.8) is 0 Å². The lowest BCUT2D eigenvalue weighted by molar-refractivity contribution is -0.112. The van der Waals surface area contributed by atoms with Crippen LogP contribution < -0.4 is 14.8 Å². The molecule has 2 aromatic carbocycles. The number of nitriles is 1. The molecule has 156 valence electrons. The number of hydrogen-bond acceptors (Lipinski definition) is 5. The summed E-state index contributed by atoms with van der Waals surface area (Å²) >= 11 is 0. The minimum atomic E-state index is -3.30. The van der Waals surface area contributed by atoms with Crippen molar-refractivity contribution in [1.29, 1.82) is 5.26 Å². The number of benzene rings is 2. The van der Waals surface area contributed by atoms with Crippen molar-refractivity contribution in [3.05, 3.63) is 59.2 Å². The quantitative estimate of drug-likeness (QED) is 0.375. The summed E-state index contributed by atoms with van der Waals surface area (Å²) in [6.07, 6.45) is 0.921. The summed E-state index contributed by atoms with van der Waals surface area (Å²) in [6.45, 7) is -6.50. The molecule has 0 unspecified atom stereocenters. The lowest BCUT2D eigenvalue weighted by Crippen LogP contribution is -2.13. The predicted octanol–water partition coefficient (Wildman–Crippen LogP) is 4.13. The van der Waals surface area contributed by atoms with Crippen molar-refractivity contribution < 1.29 is 41.7 Å². The zero-order valence-electron chi connectivity index (χ0n) is 14.8. The number of carboxylic acid groups (broad SMARTS) is 1. The number of hydrogen-bond donors (Lipinski definition) is 2. The number of halogens is 4. The fourth-order valence-electron chi connectivity index (χ4n) is 2.21. The highest BCUT2D eigenvalue weighted by Gasteiger charge is 2.16. The molecule has 0 saturated heterocycles. The van der Waals surface area contributed by atoms with Crippen molar-refractivity contribution in [2.75, 3.05) is 5.32 Å². The Balaban J connectivity index is 2.29. The monoisotopic (exact) mass is 424 g/mol. The summed E-state index contributed by atoms with van der Waals surface area (Å²) in [5.74, 6) is -3.14. The maximum absolute atomic E-state index is 12.6. The Kier molecular flexibility index (Phi) is 7.35. The van der Waals surface area contributed by atoms with Gasteiger partial charge in [0.15, 0.2) is 0 Å². The summed E-state index contributed by atoms with van der Waals surface area (Å²) in [4.78, 5) is 23.1. The topological polar surface area (TPSA) is 109 Å². The van der Waals surface area contributed by atoms with Gasteiger partial charge in [-0.3, -0.25) is 4.79 Å². The van der Waals surface area contributed by atoms with Crippen LogP contribution in [0.1, 0.15) is 15.9 Å².